The zero-order chi connectivity index (χ0) is 14.3. The second-order valence-corrected chi connectivity index (χ2v) is 4.54. The van der Waals surface area contributed by atoms with Crippen molar-refractivity contribution in [3.05, 3.63) is 28.8 Å². The van der Waals surface area contributed by atoms with Gasteiger partial charge in [0.1, 0.15) is 5.75 Å². The molecule has 0 bridgehead atoms. The third-order valence-electron chi connectivity index (χ3n) is 2.45. The lowest BCUT2D eigenvalue weighted by Gasteiger charge is -2.14. The second kappa shape index (κ2) is 7.99. The molecule has 0 saturated heterocycles. The topological polar surface area (TPSA) is 73.6 Å². The van der Waals surface area contributed by atoms with E-state index >= 15 is 0 Å². The summed E-state index contributed by atoms with van der Waals surface area (Å²) in [5.41, 5.74) is 6.61. The largest absolute Gasteiger partial charge is 0.483 e. The molecule has 0 saturated carbocycles. The van der Waals surface area contributed by atoms with Crippen LogP contribution in [0.1, 0.15) is 18.5 Å². The fraction of sp³-hybridized carbons (Fsp3) is 0.462. The number of nitrogens with two attached hydrogens (primary N) is 1. The molecule has 0 fully saturated rings. The Morgan fingerprint density at radius 2 is 2.26 bits per heavy atom. The number of ether oxygens (including phenoxy) is 2. The number of hydrogen-bond donors (Lipinski definition) is 2. The Labute approximate surface area is 118 Å². The maximum Gasteiger partial charge on any atom is 0.258 e. The van der Waals surface area contributed by atoms with E-state index in [-0.39, 0.29) is 18.6 Å². The Kier molecular flexibility index (Phi) is 6.62. The second-order valence-electron chi connectivity index (χ2n) is 4.10. The van der Waals surface area contributed by atoms with Crippen LogP contribution in [0.25, 0.3) is 0 Å². The van der Waals surface area contributed by atoms with Gasteiger partial charge in [-0.1, -0.05) is 11.6 Å². The number of amides is 1. The number of nitrogens with one attached hydrogen (secondary N) is 1. The Morgan fingerprint density at radius 1 is 1.53 bits per heavy atom. The summed E-state index contributed by atoms with van der Waals surface area (Å²) < 4.78 is 10.3. The summed E-state index contributed by atoms with van der Waals surface area (Å²) in [6, 6.07) is 4.93. The van der Waals surface area contributed by atoms with Gasteiger partial charge in [-0.2, -0.15) is 0 Å². The van der Waals surface area contributed by atoms with Gasteiger partial charge in [0.05, 0.1) is 6.61 Å². The zero-order valence-corrected chi connectivity index (χ0v) is 11.9. The van der Waals surface area contributed by atoms with Crippen molar-refractivity contribution < 1.29 is 14.3 Å². The Bertz CT molecular complexity index is 424. The third-order valence-corrected chi connectivity index (χ3v) is 2.68. The summed E-state index contributed by atoms with van der Waals surface area (Å²) in [6.45, 7) is 2.69. The van der Waals surface area contributed by atoms with Crippen LogP contribution in [0.2, 0.25) is 5.02 Å². The van der Waals surface area contributed by atoms with Crippen LogP contribution in [0, 0.1) is 0 Å². The molecule has 6 heteroatoms. The molecule has 1 aromatic carbocycles. The third kappa shape index (κ3) is 5.46. The number of halogens is 1. The number of carbonyl (C=O) groups excluding carboxylic acids is 1. The molecule has 19 heavy (non-hydrogen) atoms. The summed E-state index contributed by atoms with van der Waals surface area (Å²) in [5, 5.41) is 3.25. The smallest absolute Gasteiger partial charge is 0.258 e. The fourth-order valence-electron chi connectivity index (χ4n) is 1.49. The van der Waals surface area contributed by atoms with Crippen LogP contribution in [0.15, 0.2) is 18.2 Å². The predicted molar refractivity (Wildman–Crippen MR) is 74.4 cm³/mol. The van der Waals surface area contributed by atoms with Gasteiger partial charge in [-0.15, -0.1) is 0 Å². The predicted octanol–water partition coefficient (Wildman–Crippen LogP) is 1.50. The molecule has 106 valence electrons. The van der Waals surface area contributed by atoms with E-state index in [9.17, 15) is 4.79 Å². The van der Waals surface area contributed by atoms with E-state index in [0.29, 0.717) is 23.9 Å². The monoisotopic (exact) mass is 286 g/mol. The molecule has 0 radical (unpaired) electrons. The Morgan fingerprint density at radius 3 is 2.89 bits per heavy atom. The number of hydrogen-bond acceptors (Lipinski definition) is 4. The lowest BCUT2D eigenvalue weighted by atomic mass is 10.1. The van der Waals surface area contributed by atoms with E-state index in [1.54, 1.807) is 25.3 Å². The van der Waals surface area contributed by atoms with Crippen molar-refractivity contribution in [2.24, 2.45) is 5.73 Å². The molecule has 1 rings (SSSR count). The average molecular weight is 287 g/mol. The molecule has 5 nitrogen and oxygen atoms in total. The number of rotatable bonds is 7. The van der Waals surface area contributed by atoms with Gasteiger partial charge < -0.3 is 20.5 Å². The maximum absolute atomic E-state index is 11.5. The SMILES string of the molecule is COCCNC(=O)COc1ccc(Cl)cc1[C@H](C)N. The molecule has 0 spiro atoms. The van der Waals surface area contributed by atoms with E-state index in [1.807, 2.05) is 6.92 Å². The van der Waals surface area contributed by atoms with Crippen LogP contribution in [0.3, 0.4) is 0 Å². The molecule has 0 heterocycles. The van der Waals surface area contributed by atoms with E-state index < -0.39 is 0 Å². The summed E-state index contributed by atoms with van der Waals surface area (Å²) in [4.78, 5) is 11.5. The lowest BCUT2D eigenvalue weighted by Crippen LogP contribution is -2.31. The van der Waals surface area contributed by atoms with Gasteiger partial charge in [0.25, 0.3) is 5.91 Å². The summed E-state index contributed by atoms with van der Waals surface area (Å²) in [5.74, 6) is 0.365. The minimum atomic E-state index is -0.217. The normalized spacial score (nSPS) is 12.0. The van der Waals surface area contributed by atoms with Gasteiger partial charge in [0.2, 0.25) is 0 Å². The van der Waals surface area contributed by atoms with Gasteiger partial charge in [0, 0.05) is 30.3 Å². The zero-order valence-electron chi connectivity index (χ0n) is 11.1. The van der Waals surface area contributed by atoms with Gasteiger partial charge in [-0.25, -0.2) is 0 Å². The number of methoxy groups -OCH3 is 1. The fourth-order valence-corrected chi connectivity index (χ4v) is 1.67. The number of benzene rings is 1. The van der Waals surface area contributed by atoms with Crippen molar-refractivity contribution in [1.29, 1.82) is 0 Å². The van der Waals surface area contributed by atoms with Gasteiger partial charge in [-0.05, 0) is 25.1 Å². The standard InChI is InChI=1S/C13H19ClN2O3/c1-9(15)11-7-10(14)3-4-12(11)19-8-13(17)16-5-6-18-2/h3-4,7,9H,5-6,8,15H2,1-2H3,(H,16,17)/t9-/m0/s1. The van der Waals surface area contributed by atoms with Crippen molar-refractivity contribution >= 4 is 17.5 Å². The molecule has 0 aliphatic carbocycles. The highest BCUT2D eigenvalue weighted by molar-refractivity contribution is 6.30. The van der Waals surface area contributed by atoms with E-state index in [1.165, 1.54) is 0 Å². The highest BCUT2D eigenvalue weighted by Gasteiger charge is 2.10. The lowest BCUT2D eigenvalue weighted by molar-refractivity contribution is -0.123. The van der Waals surface area contributed by atoms with Crippen LogP contribution in [0.5, 0.6) is 5.75 Å². The summed E-state index contributed by atoms with van der Waals surface area (Å²) in [7, 11) is 1.57. The van der Waals surface area contributed by atoms with Gasteiger partial charge >= 0.3 is 0 Å². The quantitative estimate of drug-likeness (QED) is 0.745. The Hall–Kier alpha value is -1.30. The van der Waals surface area contributed by atoms with Crippen LogP contribution >= 0.6 is 11.6 Å². The first-order valence-electron chi connectivity index (χ1n) is 5.98. The average Bonchev–Trinajstić information content (AvgIpc) is 2.37. The summed E-state index contributed by atoms with van der Waals surface area (Å²) >= 11 is 5.90. The van der Waals surface area contributed by atoms with E-state index in [4.69, 9.17) is 26.8 Å². The molecule has 0 aromatic heterocycles. The highest BCUT2D eigenvalue weighted by Crippen LogP contribution is 2.27. The van der Waals surface area contributed by atoms with Crippen molar-refractivity contribution in [3.8, 4) is 5.75 Å². The summed E-state index contributed by atoms with van der Waals surface area (Å²) in [6.07, 6.45) is 0. The molecule has 3 N–H and O–H groups in total. The first kappa shape index (κ1) is 15.8. The molecular weight excluding hydrogens is 268 g/mol. The van der Waals surface area contributed by atoms with Crippen molar-refractivity contribution in [2.75, 3.05) is 26.9 Å². The van der Waals surface area contributed by atoms with Crippen molar-refractivity contribution in [3.63, 3.8) is 0 Å². The van der Waals surface area contributed by atoms with Crippen LogP contribution in [-0.4, -0.2) is 32.8 Å². The molecule has 1 atom stereocenters. The number of carbonyl (C=O) groups is 1. The molecule has 0 aliphatic rings. The van der Waals surface area contributed by atoms with Crippen LogP contribution < -0.4 is 15.8 Å². The molecule has 1 aromatic rings. The molecule has 1 amide bonds. The minimum absolute atomic E-state index is 0.0644. The first-order chi connectivity index (χ1) is 9.04. The molecule has 0 unspecified atom stereocenters. The highest BCUT2D eigenvalue weighted by atomic mass is 35.5. The van der Waals surface area contributed by atoms with E-state index in [0.717, 1.165) is 5.56 Å². The van der Waals surface area contributed by atoms with E-state index in [2.05, 4.69) is 5.32 Å². The molecule has 0 aliphatic heterocycles. The first-order valence-corrected chi connectivity index (χ1v) is 6.36. The van der Waals surface area contributed by atoms with Gasteiger partial charge in [-0.3, -0.25) is 4.79 Å². The minimum Gasteiger partial charge on any atom is -0.483 e. The van der Waals surface area contributed by atoms with Crippen LogP contribution in [0.4, 0.5) is 0 Å². The Balaban J connectivity index is 2.55. The van der Waals surface area contributed by atoms with Crippen molar-refractivity contribution in [1.82, 2.24) is 5.32 Å². The maximum atomic E-state index is 11.5. The van der Waals surface area contributed by atoms with Crippen molar-refractivity contribution in [2.45, 2.75) is 13.0 Å². The van der Waals surface area contributed by atoms with Crippen LogP contribution in [-0.2, 0) is 9.53 Å². The van der Waals surface area contributed by atoms with Gasteiger partial charge in [0.15, 0.2) is 6.61 Å². The molecular formula is C13H19ClN2O3.